The van der Waals surface area contributed by atoms with Crippen molar-refractivity contribution in [3.05, 3.63) is 35.6 Å². The Morgan fingerprint density at radius 3 is 2.31 bits per heavy atom. The van der Waals surface area contributed by atoms with Gasteiger partial charge in [-0.25, -0.2) is 4.39 Å². The number of carboxylic acids is 1. The number of carbonyl (C=O) groups is 1. The van der Waals surface area contributed by atoms with Crippen LogP contribution in [0.3, 0.4) is 0 Å². The Morgan fingerprint density at radius 2 is 1.88 bits per heavy atom. The fraction of sp³-hybridized carbons (Fsp3) is 0.300. The van der Waals surface area contributed by atoms with E-state index in [0.717, 1.165) is 12.1 Å². The molecule has 1 N–H and O–H groups in total. The van der Waals surface area contributed by atoms with Gasteiger partial charge < -0.3 is 5.11 Å². The summed E-state index contributed by atoms with van der Waals surface area (Å²) in [6, 6.07) is 4.55. The van der Waals surface area contributed by atoms with Gasteiger partial charge in [-0.2, -0.15) is 13.2 Å². The van der Waals surface area contributed by atoms with Crippen LogP contribution in [0.2, 0.25) is 0 Å². The van der Waals surface area contributed by atoms with Gasteiger partial charge in [0.1, 0.15) is 5.82 Å². The van der Waals surface area contributed by atoms with E-state index >= 15 is 0 Å². The fourth-order valence-corrected chi connectivity index (χ4v) is 1.32. The molecule has 2 nitrogen and oxygen atoms in total. The number of carboxylic acid groups (broad SMARTS) is 1. The van der Waals surface area contributed by atoms with Crippen molar-refractivity contribution in [3.8, 4) is 0 Å². The third kappa shape index (κ3) is 3.22. The highest BCUT2D eigenvalue weighted by Gasteiger charge is 2.37. The van der Waals surface area contributed by atoms with Crippen molar-refractivity contribution in [1.29, 1.82) is 0 Å². The first-order valence-corrected chi connectivity index (χ1v) is 4.35. The second-order valence-electron chi connectivity index (χ2n) is 3.23. The number of halogens is 4. The number of rotatable bonds is 3. The summed E-state index contributed by atoms with van der Waals surface area (Å²) in [6.07, 6.45) is -6.23. The van der Waals surface area contributed by atoms with E-state index < -0.39 is 35.9 Å². The molecule has 1 rings (SSSR count). The SMILES string of the molecule is O=C(O)C(CC(F)(F)F)c1ccccc1F. The van der Waals surface area contributed by atoms with Gasteiger partial charge >= 0.3 is 12.1 Å². The van der Waals surface area contributed by atoms with Crippen LogP contribution in [-0.4, -0.2) is 17.3 Å². The van der Waals surface area contributed by atoms with E-state index in [0.29, 0.717) is 0 Å². The third-order valence-electron chi connectivity index (χ3n) is 2.01. The van der Waals surface area contributed by atoms with Crippen LogP contribution >= 0.6 is 0 Å². The molecule has 1 aromatic rings. The standard InChI is InChI=1S/C10H8F4O2/c11-8-4-2-1-3-6(8)7(9(15)16)5-10(12,13)14/h1-4,7H,5H2,(H,15,16). The van der Waals surface area contributed by atoms with E-state index in [1.165, 1.54) is 12.1 Å². The quantitative estimate of drug-likeness (QED) is 0.819. The fourth-order valence-electron chi connectivity index (χ4n) is 1.32. The van der Waals surface area contributed by atoms with Crippen LogP contribution in [0.4, 0.5) is 17.6 Å². The topological polar surface area (TPSA) is 37.3 Å². The molecule has 0 saturated carbocycles. The number of hydrogen-bond acceptors (Lipinski definition) is 1. The van der Waals surface area contributed by atoms with Crippen molar-refractivity contribution in [2.75, 3.05) is 0 Å². The van der Waals surface area contributed by atoms with Crippen LogP contribution in [0.5, 0.6) is 0 Å². The highest BCUT2D eigenvalue weighted by atomic mass is 19.4. The van der Waals surface area contributed by atoms with Crippen LogP contribution in [-0.2, 0) is 4.79 Å². The summed E-state index contributed by atoms with van der Waals surface area (Å²) < 4.78 is 49.4. The van der Waals surface area contributed by atoms with Crippen molar-refractivity contribution in [2.45, 2.75) is 18.5 Å². The molecule has 0 aromatic heterocycles. The summed E-state index contributed by atoms with van der Waals surface area (Å²) in [6.45, 7) is 0. The van der Waals surface area contributed by atoms with Gasteiger partial charge in [-0.05, 0) is 6.07 Å². The zero-order chi connectivity index (χ0) is 12.3. The molecule has 0 heterocycles. The highest BCUT2D eigenvalue weighted by molar-refractivity contribution is 5.76. The second kappa shape index (κ2) is 4.51. The number of alkyl halides is 3. The Balaban J connectivity index is 3.04. The monoisotopic (exact) mass is 236 g/mol. The molecular formula is C10H8F4O2. The van der Waals surface area contributed by atoms with E-state index in [4.69, 9.17) is 5.11 Å². The Morgan fingerprint density at radius 1 is 1.31 bits per heavy atom. The minimum absolute atomic E-state index is 0.452. The predicted molar refractivity (Wildman–Crippen MR) is 47.4 cm³/mol. The first kappa shape index (κ1) is 12.5. The molecule has 0 aliphatic carbocycles. The van der Waals surface area contributed by atoms with E-state index in [1.54, 1.807) is 0 Å². The molecule has 0 amide bonds. The molecule has 0 fully saturated rings. The summed E-state index contributed by atoms with van der Waals surface area (Å²) >= 11 is 0. The van der Waals surface area contributed by atoms with Crippen LogP contribution < -0.4 is 0 Å². The minimum atomic E-state index is -4.65. The molecule has 88 valence electrons. The number of benzene rings is 1. The van der Waals surface area contributed by atoms with Crippen molar-refractivity contribution >= 4 is 5.97 Å². The van der Waals surface area contributed by atoms with E-state index in [9.17, 15) is 22.4 Å². The predicted octanol–water partition coefficient (Wildman–Crippen LogP) is 2.95. The van der Waals surface area contributed by atoms with Gasteiger partial charge in [-0.3, -0.25) is 4.79 Å². The van der Waals surface area contributed by atoms with Gasteiger partial charge in [0.2, 0.25) is 0 Å². The Kier molecular flexibility index (Phi) is 3.51. The molecule has 0 aliphatic rings. The molecule has 6 heteroatoms. The van der Waals surface area contributed by atoms with Gasteiger partial charge in [0.05, 0.1) is 12.3 Å². The molecule has 0 saturated heterocycles. The summed E-state index contributed by atoms with van der Waals surface area (Å²) in [5.74, 6) is -4.54. The second-order valence-corrected chi connectivity index (χ2v) is 3.23. The van der Waals surface area contributed by atoms with Crippen LogP contribution in [0.15, 0.2) is 24.3 Å². The molecule has 0 aliphatic heterocycles. The summed E-state index contributed by atoms with van der Waals surface area (Å²) in [4.78, 5) is 10.7. The maximum atomic E-state index is 13.1. The molecule has 1 atom stereocenters. The number of hydrogen-bond donors (Lipinski definition) is 1. The van der Waals surface area contributed by atoms with Crippen molar-refractivity contribution in [2.24, 2.45) is 0 Å². The lowest BCUT2D eigenvalue weighted by Crippen LogP contribution is -2.21. The molecular weight excluding hydrogens is 228 g/mol. The summed E-state index contributed by atoms with van der Waals surface area (Å²) in [5.41, 5.74) is -0.452. The Hall–Kier alpha value is -1.59. The first-order valence-electron chi connectivity index (χ1n) is 4.35. The zero-order valence-electron chi connectivity index (χ0n) is 7.96. The van der Waals surface area contributed by atoms with E-state index in [2.05, 4.69) is 0 Å². The molecule has 0 bridgehead atoms. The Bertz CT molecular complexity index is 387. The van der Waals surface area contributed by atoms with Crippen molar-refractivity contribution < 1.29 is 27.5 Å². The Labute approximate surface area is 88.5 Å². The molecule has 16 heavy (non-hydrogen) atoms. The lowest BCUT2D eigenvalue weighted by Gasteiger charge is -2.15. The average Bonchev–Trinajstić information content (AvgIpc) is 2.13. The molecule has 0 radical (unpaired) electrons. The first-order chi connectivity index (χ1) is 7.31. The minimum Gasteiger partial charge on any atom is -0.481 e. The van der Waals surface area contributed by atoms with Gasteiger partial charge in [-0.15, -0.1) is 0 Å². The normalized spacial score (nSPS) is 13.5. The largest absolute Gasteiger partial charge is 0.481 e. The van der Waals surface area contributed by atoms with E-state index in [1.807, 2.05) is 0 Å². The third-order valence-corrected chi connectivity index (χ3v) is 2.01. The lowest BCUT2D eigenvalue weighted by molar-refractivity contribution is -0.157. The van der Waals surface area contributed by atoms with E-state index in [-0.39, 0.29) is 0 Å². The van der Waals surface area contributed by atoms with Crippen LogP contribution in [0.25, 0.3) is 0 Å². The van der Waals surface area contributed by atoms with Gasteiger partial charge in [0.25, 0.3) is 0 Å². The summed E-state index contributed by atoms with van der Waals surface area (Å²) in [5, 5.41) is 8.65. The molecule has 1 aromatic carbocycles. The van der Waals surface area contributed by atoms with Crippen LogP contribution in [0, 0.1) is 5.82 Å². The van der Waals surface area contributed by atoms with Gasteiger partial charge in [0, 0.05) is 5.56 Å². The maximum absolute atomic E-state index is 13.1. The van der Waals surface area contributed by atoms with Gasteiger partial charge in [-0.1, -0.05) is 18.2 Å². The molecule has 1 unspecified atom stereocenters. The van der Waals surface area contributed by atoms with Crippen LogP contribution in [0.1, 0.15) is 17.9 Å². The summed E-state index contributed by atoms with van der Waals surface area (Å²) in [7, 11) is 0. The lowest BCUT2D eigenvalue weighted by atomic mass is 9.95. The van der Waals surface area contributed by atoms with Crippen molar-refractivity contribution in [1.82, 2.24) is 0 Å². The average molecular weight is 236 g/mol. The highest BCUT2D eigenvalue weighted by Crippen LogP contribution is 2.32. The molecule has 0 spiro atoms. The number of aliphatic carboxylic acids is 1. The maximum Gasteiger partial charge on any atom is 0.390 e. The van der Waals surface area contributed by atoms with Crippen molar-refractivity contribution in [3.63, 3.8) is 0 Å². The smallest absolute Gasteiger partial charge is 0.390 e. The zero-order valence-corrected chi connectivity index (χ0v) is 7.96. The van der Waals surface area contributed by atoms with Gasteiger partial charge in [0.15, 0.2) is 0 Å².